The molecule has 3 heterocycles. The minimum atomic E-state index is -1.21. The predicted octanol–water partition coefficient (Wildman–Crippen LogP) is 4.08. The fourth-order valence-corrected chi connectivity index (χ4v) is 7.21. The summed E-state index contributed by atoms with van der Waals surface area (Å²) >= 11 is 0. The number of allylic oxidation sites excluding steroid dienone is 1. The van der Waals surface area contributed by atoms with Gasteiger partial charge in [0.2, 0.25) is 23.5 Å². The summed E-state index contributed by atoms with van der Waals surface area (Å²) in [6.45, 7) is 12.1. The number of rotatable bonds is 4. The van der Waals surface area contributed by atoms with E-state index >= 15 is 0 Å². The normalized spacial score (nSPS) is 26.7. The van der Waals surface area contributed by atoms with Crippen LogP contribution in [-0.4, -0.2) is 83.9 Å². The maximum atomic E-state index is 14.4. The van der Waals surface area contributed by atoms with Crippen molar-refractivity contribution in [1.82, 2.24) is 15.5 Å². The molecule has 0 unspecified atom stereocenters. The van der Waals surface area contributed by atoms with E-state index < -0.39 is 58.7 Å². The molecule has 2 saturated heterocycles. The van der Waals surface area contributed by atoms with Gasteiger partial charge in [-0.25, -0.2) is 4.79 Å². The molecular formula is C37H51N5O8. The second kappa shape index (κ2) is 14.2. The number of ketones is 1. The third-order valence-electron chi connectivity index (χ3n) is 10.1. The highest BCUT2D eigenvalue weighted by Gasteiger charge is 2.75. The van der Waals surface area contributed by atoms with Crippen molar-refractivity contribution in [3.63, 3.8) is 0 Å². The lowest BCUT2D eigenvalue weighted by molar-refractivity contribution is -0.143. The lowest BCUT2D eigenvalue weighted by Crippen LogP contribution is -2.59. The SMILES string of the molecule is CC(C)(C)OC(=O)N[C@H](C(=O)N1C[C@]2(C[C@H]1C(=O)N[C@@H]1C/C=C/CCCCC(=O)Nc3ccccc3NC(=O)C1=O)CC21COC1)C(C)(C)C. The summed E-state index contributed by atoms with van der Waals surface area (Å²) in [5, 5.41) is 11.0. The van der Waals surface area contributed by atoms with E-state index in [2.05, 4.69) is 21.3 Å². The zero-order valence-corrected chi connectivity index (χ0v) is 30.0. The summed E-state index contributed by atoms with van der Waals surface area (Å²) < 4.78 is 11.0. The average molecular weight is 694 g/mol. The summed E-state index contributed by atoms with van der Waals surface area (Å²) in [5.74, 6) is -2.98. The van der Waals surface area contributed by atoms with E-state index in [9.17, 15) is 28.8 Å². The van der Waals surface area contributed by atoms with Crippen LogP contribution in [0, 0.1) is 16.2 Å². The fourth-order valence-electron chi connectivity index (χ4n) is 7.21. The van der Waals surface area contributed by atoms with Crippen LogP contribution in [0.5, 0.6) is 0 Å². The maximum Gasteiger partial charge on any atom is 0.408 e. The number of hydrogen-bond donors (Lipinski definition) is 4. The van der Waals surface area contributed by atoms with Crippen molar-refractivity contribution in [2.45, 2.75) is 110 Å². The summed E-state index contributed by atoms with van der Waals surface area (Å²) in [5.41, 5.74) is -1.32. The first-order valence-electron chi connectivity index (χ1n) is 17.5. The molecule has 1 aliphatic carbocycles. The molecule has 50 heavy (non-hydrogen) atoms. The molecule has 3 aliphatic heterocycles. The number of amides is 5. The third kappa shape index (κ3) is 8.20. The Morgan fingerprint density at radius 1 is 0.960 bits per heavy atom. The zero-order chi connectivity index (χ0) is 36.5. The topological polar surface area (TPSA) is 172 Å². The Kier molecular flexibility index (Phi) is 10.5. The zero-order valence-electron chi connectivity index (χ0n) is 30.0. The number of ether oxygens (including phenoxy) is 2. The maximum absolute atomic E-state index is 14.4. The minimum absolute atomic E-state index is 0.0607. The average Bonchev–Trinajstić information content (AvgIpc) is 3.51. The minimum Gasteiger partial charge on any atom is -0.444 e. The van der Waals surface area contributed by atoms with Crippen molar-refractivity contribution >= 4 is 46.9 Å². The van der Waals surface area contributed by atoms with Crippen molar-refractivity contribution < 1.29 is 38.2 Å². The highest BCUT2D eigenvalue weighted by molar-refractivity contribution is 6.43. The van der Waals surface area contributed by atoms with E-state index in [1.807, 2.05) is 26.8 Å². The van der Waals surface area contributed by atoms with Crippen molar-refractivity contribution in [2.75, 3.05) is 30.4 Å². The highest BCUT2D eigenvalue weighted by atomic mass is 16.6. The third-order valence-corrected chi connectivity index (χ3v) is 10.1. The van der Waals surface area contributed by atoms with E-state index in [-0.39, 0.29) is 28.8 Å². The number of fused-ring (bicyclic) bond motifs is 2. The second-order valence-electron chi connectivity index (χ2n) is 16.3. The number of para-hydroxylation sites is 2. The van der Waals surface area contributed by atoms with Gasteiger partial charge in [0.15, 0.2) is 0 Å². The van der Waals surface area contributed by atoms with Crippen LogP contribution in [0.3, 0.4) is 0 Å². The number of Topliss-reactive ketones (excluding diaryl/α,β-unsaturated/α-hetero) is 1. The van der Waals surface area contributed by atoms with Crippen molar-refractivity contribution in [1.29, 1.82) is 0 Å². The smallest absolute Gasteiger partial charge is 0.408 e. The van der Waals surface area contributed by atoms with E-state index in [1.165, 1.54) is 4.90 Å². The molecule has 4 aliphatic rings. The second-order valence-corrected chi connectivity index (χ2v) is 16.3. The number of carbonyl (C=O) groups is 6. The first-order chi connectivity index (χ1) is 23.4. The van der Waals surface area contributed by atoms with Gasteiger partial charge in [0.25, 0.3) is 5.91 Å². The van der Waals surface area contributed by atoms with Crippen LogP contribution in [-0.2, 0) is 33.4 Å². The molecule has 0 aromatic heterocycles. The quantitative estimate of drug-likeness (QED) is 0.270. The molecule has 1 aromatic rings. The molecule has 3 fully saturated rings. The van der Waals surface area contributed by atoms with E-state index in [0.717, 1.165) is 12.8 Å². The Morgan fingerprint density at radius 3 is 2.24 bits per heavy atom. The van der Waals surface area contributed by atoms with Crippen LogP contribution in [0.15, 0.2) is 36.4 Å². The molecule has 0 radical (unpaired) electrons. The number of benzene rings is 1. The Hall–Kier alpha value is -4.26. The van der Waals surface area contributed by atoms with Gasteiger partial charge in [-0.05, 0) is 76.8 Å². The molecular weight excluding hydrogens is 642 g/mol. The van der Waals surface area contributed by atoms with Crippen molar-refractivity contribution in [2.24, 2.45) is 16.2 Å². The summed E-state index contributed by atoms with van der Waals surface area (Å²) in [4.78, 5) is 82.6. The molecule has 13 nitrogen and oxygen atoms in total. The molecule has 5 amide bonds. The van der Waals surface area contributed by atoms with E-state index in [4.69, 9.17) is 9.47 Å². The van der Waals surface area contributed by atoms with Crippen molar-refractivity contribution in [3.8, 4) is 0 Å². The number of likely N-dealkylation sites (tertiary alicyclic amines) is 1. The van der Waals surface area contributed by atoms with E-state index in [1.54, 1.807) is 51.1 Å². The Labute approximate surface area is 293 Å². The Balaban J connectivity index is 1.39. The summed E-state index contributed by atoms with van der Waals surface area (Å²) in [6.07, 6.45) is 6.48. The number of nitrogens with zero attached hydrogens (tertiary/aromatic N) is 1. The molecule has 1 aromatic carbocycles. The van der Waals surface area contributed by atoms with Gasteiger partial charge in [-0.3, -0.25) is 24.0 Å². The van der Waals surface area contributed by atoms with Gasteiger partial charge < -0.3 is 35.6 Å². The first kappa shape index (κ1) is 37.0. The van der Waals surface area contributed by atoms with Gasteiger partial charge in [0, 0.05) is 23.8 Å². The number of anilines is 2. The predicted molar refractivity (Wildman–Crippen MR) is 186 cm³/mol. The van der Waals surface area contributed by atoms with Crippen LogP contribution >= 0.6 is 0 Å². The van der Waals surface area contributed by atoms with Crippen LogP contribution < -0.4 is 21.3 Å². The van der Waals surface area contributed by atoms with Gasteiger partial charge in [-0.1, -0.05) is 45.1 Å². The molecule has 272 valence electrons. The van der Waals surface area contributed by atoms with Crippen LogP contribution in [0.4, 0.5) is 16.2 Å². The van der Waals surface area contributed by atoms with Crippen LogP contribution in [0.1, 0.15) is 86.5 Å². The van der Waals surface area contributed by atoms with Crippen LogP contribution in [0.25, 0.3) is 0 Å². The van der Waals surface area contributed by atoms with Gasteiger partial charge in [-0.15, -0.1) is 0 Å². The molecule has 13 heteroatoms. The summed E-state index contributed by atoms with van der Waals surface area (Å²) in [7, 11) is 0. The molecule has 0 bridgehead atoms. The number of hydrogen-bond acceptors (Lipinski definition) is 8. The Morgan fingerprint density at radius 2 is 1.64 bits per heavy atom. The number of alkyl carbamates (subject to hydrolysis) is 1. The van der Waals surface area contributed by atoms with Gasteiger partial charge in [-0.2, -0.15) is 0 Å². The monoisotopic (exact) mass is 693 g/mol. The first-order valence-corrected chi connectivity index (χ1v) is 17.5. The molecule has 4 atom stereocenters. The molecule has 4 N–H and O–H groups in total. The van der Waals surface area contributed by atoms with Gasteiger partial charge in [0.1, 0.15) is 23.7 Å². The molecule has 2 spiro atoms. The summed E-state index contributed by atoms with van der Waals surface area (Å²) in [6, 6.07) is 3.44. The Bertz CT molecular complexity index is 1560. The molecule has 1 saturated carbocycles. The fraction of sp³-hybridized carbons (Fsp3) is 0.622. The van der Waals surface area contributed by atoms with E-state index in [0.29, 0.717) is 51.1 Å². The standard InChI is InChI=1S/C37H51N5O8/c1-34(2,3)29(41-33(48)50-35(4,5)6)32(47)42-20-36(19-37(36)21-49-22-37)18-26(42)30(45)40-25-16-10-8-7-9-11-17-27(43)38-23-14-12-13-15-24(23)39-31(46)28(25)44/h8,10,12-15,25-26,29H,7,9,11,16-22H2,1-6H3,(H,38,43)(H,39,46)(H,40,45)(H,41,48)/b10-8+/t25-,26+,29-,36+/m1/s1. The van der Waals surface area contributed by atoms with Gasteiger partial charge >= 0.3 is 6.09 Å². The van der Waals surface area contributed by atoms with Crippen molar-refractivity contribution in [3.05, 3.63) is 36.4 Å². The lowest BCUT2D eigenvalue weighted by Gasteiger charge is -2.36. The number of nitrogens with one attached hydrogen (secondary N) is 4. The number of carbonyl (C=O) groups excluding carboxylic acids is 6. The molecule has 5 rings (SSSR count). The highest BCUT2D eigenvalue weighted by Crippen LogP contribution is 2.72. The lowest BCUT2D eigenvalue weighted by atomic mass is 9.85. The van der Waals surface area contributed by atoms with Crippen LogP contribution in [0.2, 0.25) is 0 Å². The largest absolute Gasteiger partial charge is 0.444 e. The van der Waals surface area contributed by atoms with Gasteiger partial charge in [0.05, 0.1) is 24.6 Å².